The van der Waals surface area contributed by atoms with Gasteiger partial charge < -0.3 is 4.74 Å². The van der Waals surface area contributed by atoms with Crippen molar-refractivity contribution in [2.75, 3.05) is 7.11 Å². The summed E-state index contributed by atoms with van der Waals surface area (Å²) in [5.74, 6) is 6.60. The number of nitrogens with one attached hydrogen (secondary N) is 1. The maximum atomic E-state index is 5.72. The third-order valence-electron chi connectivity index (χ3n) is 3.64. The normalized spacial score (nSPS) is 12.7. The number of nitrogens with two attached hydrogens (primary N) is 1. The van der Waals surface area contributed by atoms with E-state index in [9.17, 15) is 0 Å². The number of aromatic nitrogens is 2. The SMILES string of the molecule is COc1cc(C(Cc2ccn(C(C)C)n2)NN)ccc1C. The molecule has 0 fully saturated rings. The van der Waals surface area contributed by atoms with E-state index in [0.717, 1.165) is 29.0 Å². The first-order valence-electron chi connectivity index (χ1n) is 7.19. The summed E-state index contributed by atoms with van der Waals surface area (Å²) in [4.78, 5) is 0. The Morgan fingerprint density at radius 3 is 2.67 bits per heavy atom. The highest BCUT2D eigenvalue weighted by Gasteiger charge is 2.14. The first-order chi connectivity index (χ1) is 10.0. The molecule has 0 aliphatic carbocycles. The van der Waals surface area contributed by atoms with Gasteiger partial charge in [-0.1, -0.05) is 12.1 Å². The standard InChI is InChI=1S/C16H24N4O/c1-11(2)20-8-7-14(19-20)10-15(18-17)13-6-5-12(3)16(9-13)21-4/h5-9,11,15,18H,10,17H2,1-4H3. The summed E-state index contributed by atoms with van der Waals surface area (Å²) in [7, 11) is 1.68. The van der Waals surface area contributed by atoms with Gasteiger partial charge in [0.2, 0.25) is 0 Å². The summed E-state index contributed by atoms with van der Waals surface area (Å²) < 4.78 is 7.33. The summed E-state index contributed by atoms with van der Waals surface area (Å²) in [5, 5.41) is 4.57. The molecule has 21 heavy (non-hydrogen) atoms. The second-order valence-electron chi connectivity index (χ2n) is 5.53. The Kier molecular flexibility index (Phi) is 4.98. The first-order valence-corrected chi connectivity index (χ1v) is 7.19. The van der Waals surface area contributed by atoms with Gasteiger partial charge in [0.1, 0.15) is 5.75 Å². The van der Waals surface area contributed by atoms with Crippen LogP contribution in [0.25, 0.3) is 0 Å². The molecule has 0 radical (unpaired) electrons. The Balaban J connectivity index is 2.19. The number of hydrazine groups is 1. The predicted octanol–water partition coefficient (Wildman–Crippen LogP) is 2.53. The van der Waals surface area contributed by atoms with E-state index in [2.05, 4.69) is 30.4 Å². The van der Waals surface area contributed by atoms with Gasteiger partial charge in [-0.2, -0.15) is 5.10 Å². The summed E-state index contributed by atoms with van der Waals surface area (Å²) in [6.07, 6.45) is 2.74. The van der Waals surface area contributed by atoms with E-state index in [-0.39, 0.29) is 6.04 Å². The van der Waals surface area contributed by atoms with Gasteiger partial charge in [-0.25, -0.2) is 0 Å². The summed E-state index contributed by atoms with van der Waals surface area (Å²) >= 11 is 0. The van der Waals surface area contributed by atoms with Crippen molar-refractivity contribution in [3.8, 4) is 5.75 Å². The molecular weight excluding hydrogens is 264 g/mol. The lowest BCUT2D eigenvalue weighted by Gasteiger charge is -2.17. The zero-order chi connectivity index (χ0) is 15.4. The van der Waals surface area contributed by atoms with Crippen molar-refractivity contribution in [2.45, 2.75) is 39.3 Å². The van der Waals surface area contributed by atoms with Crippen LogP contribution in [0.4, 0.5) is 0 Å². The van der Waals surface area contributed by atoms with Crippen LogP contribution in [-0.2, 0) is 6.42 Å². The highest BCUT2D eigenvalue weighted by molar-refractivity contribution is 5.38. The molecule has 1 atom stereocenters. The number of hydrogen-bond donors (Lipinski definition) is 2. The predicted molar refractivity (Wildman–Crippen MR) is 84.1 cm³/mol. The number of rotatable bonds is 6. The monoisotopic (exact) mass is 288 g/mol. The van der Waals surface area contributed by atoms with Gasteiger partial charge in [0.05, 0.1) is 18.8 Å². The molecule has 114 valence electrons. The first kappa shape index (κ1) is 15.5. The number of aryl methyl sites for hydroxylation is 1. The third kappa shape index (κ3) is 3.62. The molecule has 2 rings (SSSR count). The van der Waals surface area contributed by atoms with E-state index in [1.165, 1.54) is 0 Å². The fraction of sp³-hybridized carbons (Fsp3) is 0.438. The van der Waals surface area contributed by atoms with Crippen molar-refractivity contribution in [1.29, 1.82) is 0 Å². The van der Waals surface area contributed by atoms with Gasteiger partial charge in [-0.05, 0) is 44.0 Å². The summed E-state index contributed by atoms with van der Waals surface area (Å²) in [6.45, 7) is 6.25. The van der Waals surface area contributed by atoms with Crippen molar-refractivity contribution in [3.05, 3.63) is 47.3 Å². The van der Waals surface area contributed by atoms with Gasteiger partial charge in [-0.3, -0.25) is 16.0 Å². The molecule has 5 heteroatoms. The average Bonchev–Trinajstić information content (AvgIpc) is 2.94. The maximum absolute atomic E-state index is 5.72. The van der Waals surface area contributed by atoms with Crippen LogP contribution in [0.15, 0.2) is 30.5 Å². The molecule has 1 aromatic heterocycles. The van der Waals surface area contributed by atoms with E-state index in [1.807, 2.05) is 36.0 Å². The number of benzene rings is 1. The van der Waals surface area contributed by atoms with Crippen LogP contribution in [0.5, 0.6) is 5.75 Å². The van der Waals surface area contributed by atoms with Crippen LogP contribution < -0.4 is 16.0 Å². The highest BCUT2D eigenvalue weighted by Crippen LogP contribution is 2.24. The van der Waals surface area contributed by atoms with Crippen LogP contribution in [0.3, 0.4) is 0 Å². The van der Waals surface area contributed by atoms with Crippen molar-refractivity contribution in [1.82, 2.24) is 15.2 Å². The lowest BCUT2D eigenvalue weighted by Crippen LogP contribution is -2.29. The molecule has 0 saturated heterocycles. The second-order valence-corrected chi connectivity index (χ2v) is 5.53. The van der Waals surface area contributed by atoms with E-state index >= 15 is 0 Å². The quantitative estimate of drug-likeness (QED) is 0.633. The van der Waals surface area contributed by atoms with E-state index in [0.29, 0.717) is 6.04 Å². The van der Waals surface area contributed by atoms with Crippen LogP contribution in [0.2, 0.25) is 0 Å². The Hall–Kier alpha value is -1.85. The van der Waals surface area contributed by atoms with Crippen LogP contribution in [-0.4, -0.2) is 16.9 Å². The molecule has 1 heterocycles. The molecule has 1 aromatic carbocycles. The van der Waals surface area contributed by atoms with Crippen LogP contribution in [0, 0.1) is 6.92 Å². The van der Waals surface area contributed by atoms with E-state index in [4.69, 9.17) is 10.6 Å². The molecule has 1 unspecified atom stereocenters. The van der Waals surface area contributed by atoms with Gasteiger partial charge in [0, 0.05) is 18.7 Å². The fourth-order valence-corrected chi connectivity index (χ4v) is 2.31. The number of nitrogens with zero attached hydrogens (tertiary/aromatic N) is 2. The van der Waals surface area contributed by atoms with Gasteiger partial charge in [-0.15, -0.1) is 0 Å². The molecule has 0 spiro atoms. The van der Waals surface area contributed by atoms with Crippen molar-refractivity contribution in [3.63, 3.8) is 0 Å². The largest absolute Gasteiger partial charge is 0.496 e. The zero-order valence-corrected chi connectivity index (χ0v) is 13.1. The number of ether oxygens (including phenoxy) is 1. The van der Waals surface area contributed by atoms with E-state index < -0.39 is 0 Å². The maximum Gasteiger partial charge on any atom is 0.122 e. The number of hydrogen-bond acceptors (Lipinski definition) is 4. The summed E-state index contributed by atoms with van der Waals surface area (Å²) in [5.41, 5.74) is 6.10. The molecule has 2 aromatic rings. The molecule has 3 N–H and O–H groups in total. The fourth-order valence-electron chi connectivity index (χ4n) is 2.31. The Bertz CT molecular complexity index is 592. The smallest absolute Gasteiger partial charge is 0.122 e. The molecule has 0 saturated carbocycles. The topological polar surface area (TPSA) is 65.1 Å². The molecular formula is C16H24N4O. The van der Waals surface area contributed by atoms with Crippen LogP contribution in [0.1, 0.15) is 42.8 Å². The minimum Gasteiger partial charge on any atom is -0.496 e. The van der Waals surface area contributed by atoms with Crippen molar-refractivity contribution < 1.29 is 4.74 Å². The third-order valence-corrected chi connectivity index (χ3v) is 3.64. The van der Waals surface area contributed by atoms with Gasteiger partial charge >= 0.3 is 0 Å². The average molecular weight is 288 g/mol. The molecule has 0 bridgehead atoms. The lowest BCUT2D eigenvalue weighted by atomic mass is 10.0. The summed E-state index contributed by atoms with van der Waals surface area (Å²) in [6, 6.07) is 8.56. The van der Waals surface area contributed by atoms with Crippen molar-refractivity contribution >= 4 is 0 Å². The Morgan fingerprint density at radius 1 is 1.33 bits per heavy atom. The Labute approximate surface area is 126 Å². The number of methoxy groups -OCH3 is 1. The van der Waals surface area contributed by atoms with Gasteiger partial charge in [0.25, 0.3) is 0 Å². The second kappa shape index (κ2) is 6.74. The van der Waals surface area contributed by atoms with E-state index in [1.54, 1.807) is 7.11 Å². The molecule has 5 nitrogen and oxygen atoms in total. The van der Waals surface area contributed by atoms with Gasteiger partial charge in [0.15, 0.2) is 0 Å². The van der Waals surface area contributed by atoms with Crippen LogP contribution >= 0.6 is 0 Å². The molecule has 0 amide bonds. The Morgan fingerprint density at radius 2 is 2.10 bits per heavy atom. The lowest BCUT2D eigenvalue weighted by molar-refractivity contribution is 0.409. The highest BCUT2D eigenvalue weighted by atomic mass is 16.5. The minimum atomic E-state index is 0.00927. The van der Waals surface area contributed by atoms with Crippen molar-refractivity contribution in [2.24, 2.45) is 5.84 Å². The molecule has 0 aliphatic rings. The minimum absolute atomic E-state index is 0.00927. The zero-order valence-electron chi connectivity index (χ0n) is 13.1. The molecule has 0 aliphatic heterocycles.